The molecule has 0 aliphatic rings. The normalized spacial score (nSPS) is 10.0. The lowest BCUT2D eigenvalue weighted by Gasteiger charge is -2.08. The van der Waals surface area contributed by atoms with E-state index in [0.717, 1.165) is 11.1 Å². The molecule has 0 saturated heterocycles. The fourth-order valence-electron chi connectivity index (χ4n) is 1.95. The Morgan fingerprint density at radius 2 is 1.70 bits per heavy atom. The highest BCUT2D eigenvalue weighted by Gasteiger charge is 2.11. The molecule has 0 aliphatic heterocycles. The molecule has 0 atom stereocenters. The van der Waals surface area contributed by atoms with Gasteiger partial charge in [0, 0.05) is 5.69 Å². The Bertz CT molecular complexity index is 707. The number of carbonyl (C=O) groups excluding carboxylic acids is 2. The van der Waals surface area contributed by atoms with Crippen LogP contribution in [0.25, 0.3) is 0 Å². The number of esters is 1. The molecule has 0 radical (unpaired) electrons. The lowest BCUT2D eigenvalue weighted by molar-refractivity contribution is -0.119. The van der Waals surface area contributed by atoms with Gasteiger partial charge in [0.15, 0.2) is 6.61 Å². The van der Waals surface area contributed by atoms with Crippen LogP contribution in [0.15, 0.2) is 42.5 Å². The Hall–Kier alpha value is -2.82. The molecule has 0 fully saturated rings. The zero-order valence-corrected chi connectivity index (χ0v) is 13.4. The van der Waals surface area contributed by atoms with E-state index in [4.69, 9.17) is 9.47 Å². The van der Waals surface area contributed by atoms with Crippen molar-refractivity contribution < 1.29 is 19.1 Å². The van der Waals surface area contributed by atoms with E-state index in [1.54, 1.807) is 43.5 Å². The van der Waals surface area contributed by atoms with Gasteiger partial charge in [0.2, 0.25) is 0 Å². The summed E-state index contributed by atoms with van der Waals surface area (Å²) in [6, 6.07) is 12.2. The van der Waals surface area contributed by atoms with E-state index in [-0.39, 0.29) is 6.61 Å². The summed E-state index contributed by atoms with van der Waals surface area (Å²) in [5.74, 6) is -0.213. The second kappa shape index (κ2) is 7.45. The molecule has 0 unspecified atom stereocenters. The summed E-state index contributed by atoms with van der Waals surface area (Å²) in [5, 5.41) is 2.65. The summed E-state index contributed by atoms with van der Waals surface area (Å²) < 4.78 is 10.1. The predicted molar refractivity (Wildman–Crippen MR) is 87.8 cm³/mol. The van der Waals surface area contributed by atoms with Crippen LogP contribution < -0.4 is 10.1 Å². The van der Waals surface area contributed by atoms with Crippen molar-refractivity contribution in [3.05, 3.63) is 59.2 Å². The third kappa shape index (κ3) is 4.57. The number of ether oxygens (including phenoxy) is 2. The monoisotopic (exact) mass is 313 g/mol. The fourth-order valence-corrected chi connectivity index (χ4v) is 1.95. The van der Waals surface area contributed by atoms with Gasteiger partial charge in [-0.1, -0.05) is 6.07 Å². The number of methoxy groups -OCH3 is 1. The molecule has 120 valence electrons. The van der Waals surface area contributed by atoms with Crippen LogP contribution >= 0.6 is 0 Å². The van der Waals surface area contributed by atoms with Crippen molar-refractivity contribution in [1.29, 1.82) is 0 Å². The van der Waals surface area contributed by atoms with Crippen LogP contribution in [-0.4, -0.2) is 25.6 Å². The minimum Gasteiger partial charge on any atom is -0.497 e. The van der Waals surface area contributed by atoms with Crippen molar-refractivity contribution in [2.45, 2.75) is 13.8 Å². The molecule has 0 aromatic heterocycles. The van der Waals surface area contributed by atoms with E-state index < -0.39 is 11.9 Å². The number of rotatable bonds is 5. The smallest absolute Gasteiger partial charge is 0.338 e. The average molecular weight is 313 g/mol. The van der Waals surface area contributed by atoms with Crippen LogP contribution in [0.2, 0.25) is 0 Å². The van der Waals surface area contributed by atoms with Crippen molar-refractivity contribution >= 4 is 17.6 Å². The number of carbonyl (C=O) groups is 2. The van der Waals surface area contributed by atoms with Crippen LogP contribution in [-0.2, 0) is 9.53 Å². The molecule has 2 aromatic carbocycles. The first kappa shape index (κ1) is 16.5. The second-order valence-electron chi connectivity index (χ2n) is 5.15. The van der Waals surface area contributed by atoms with E-state index in [2.05, 4.69) is 5.32 Å². The van der Waals surface area contributed by atoms with Crippen LogP contribution in [0.3, 0.4) is 0 Å². The standard InChI is InChI=1S/C18H19NO4/c1-12-4-5-14(10-13(12)2)18(21)23-11-17(20)19-15-6-8-16(22-3)9-7-15/h4-10H,11H2,1-3H3,(H,19,20). The van der Waals surface area contributed by atoms with Crippen LogP contribution in [0.4, 0.5) is 5.69 Å². The minimum absolute atomic E-state index is 0.336. The Balaban J connectivity index is 1.87. The molecular weight excluding hydrogens is 294 g/mol. The molecule has 2 rings (SSSR count). The Morgan fingerprint density at radius 1 is 1.00 bits per heavy atom. The van der Waals surface area contributed by atoms with E-state index in [1.165, 1.54) is 0 Å². The summed E-state index contributed by atoms with van der Waals surface area (Å²) in [5.41, 5.74) is 3.14. The molecule has 5 nitrogen and oxygen atoms in total. The number of hydrogen-bond donors (Lipinski definition) is 1. The topological polar surface area (TPSA) is 64.6 Å². The van der Waals surface area contributed by atoms with Gasteiger partial charge in [0.1, 0.15) is 5.75 Å². The maximum Gasteiger partial charge on any atom is 0.338 e. The number of anilines is 1. The SMILES string of the molecule is COc1ccc(NC(=O)COC(=O)c2ccc(C)c(C)c2)cc1. The number of hydrogen-bond acceptors (Lipinski definition) is 4. The summed E-state index contributed by atoms with van der Waals surface area (Å²) in [4.78, 5) is 23.7. The maximum atomic E-state index is 11.9. The van der Waals surface area contributed by atoms with E-state index in [0.29, 0.717) is 17.0 Å². The molecule has 0 bridgehead atoms. The predicted octanol–water partition coefficient (Wildman–Crippen LogP) is 3.11. The lowest BCUT2D eigenvalue weighted by atomic mass is 10.1. The summed E-state index contributed by atoms with van der Waals surface area (Å²) in [6.45, 7) is 3.55. The third-order valence-corrected chi connectivity index (χ3v) is 3.45. The third-order valence-electron chi connectivity index (χ3n) is 3.45. The first-order valence-electron chi connectivity index (χ1n) is 7.18. The van der Waals surface area contributed by atoms with Gasteiger partial charge in [-0.15, -0.1) is 0 Å². The van der Waals surface area contributed by atoms with Gasteiger partial charge in [-0.2, -0.15) is 0 Å². The van der Waals surface area contributed by atoms with Crippen LogP contribution in [0, 0.1) is 13.8 Å². The fraction of sp³-hybridized carbons (Fsp3) is 0.222. The molecule has 0 aliphatic carbocycles. The second-order valence-corrected chi connectivity index (χ2v) is 5.15. The highest BCUT2D eigenvalue weighted by molar-refractivity contribution is 5.95. The molecule has 1 N–H and O–H groups in total. The van der Waals surface area contributed by atoms with Crippen LogP contribution in [0.5, 0.6) is 5.75 Å². The van der Waals surface area contributed by atoms with Crippen molar-refractivity contribution in [1.82, 2.24) is 0 Å². The summed E-state index contributed by atoms with van der Waals surface area (Å²) in [6.07, 6.45) is 0. The molecule has 0 saturated carbocycles. The highest BCUT2D eigenvalue weighted by atomic mass is 16.5. The molecule has 0 spiro atoms. The molecule has 2 aromatic rings. The number of aryl methyl sites for hydroxylation is 2. The van der Waals surface area contributed by atoms with Crippen molar-refractivity contribution in [2.24, 2.45) is 0 Å². The maximum absolute atomic E-state index is 11.9. The van der Waals surface area contributed by atoms with Gasteiger partial charge < -0.3 is 14.8 Å². The highest BCUT2D eigenvalue weighted by Crippen LogP contribution is 2.15. The van der Waals surface area contributed by atoms with Crippen LogP contribution in [0.1, 0.15) is 21.5 Å². The largest absolute Gasteiger partial charge is 0.497 e. The molecular formula is C18H19NO4. The quantitative estimate of drug-likeness (QED) is 0.861. The Kier molecular flexibility index (Phi) is 5.36. The molecule has 5 heteroatoms. The lowest BCUT2D eigenvalue weighted by Crippen LogP contribution is -2.21. The number of amides is 1. The van der Waals surface area contributed by atoms with E-state index >= 15 is 0 Å². The van der Waals surface area contributed by atoms with Gasteiger partial charge in [-0.25, -0.2) is 4.79 Å². The van der Waals surface area contributed by atoms with Gasteiger partial charge in [0.05, 0.1) is 12.7 Å². The zero-order valence-electron chi connectivity index (χ0n) is 13.4. The van der Waals surface area contributed by atoms with Crippen molar-refractivity contribution in [3.63, 3.8) is 0 Å². The first-order valence-corrected chi connectivity index (χ1v) is 7.18. The minimum atomic E-state index is -0.516. The Labute approximate surface area is 135 Å². The Morgan fingerprint density at radius 3 is 2.30 bits per heavy atom. The van der Waals surface area contributed by atoms with Gasteiger partial charge in [-0.05, 0) is 61.4 Å². The van der Waals surface area contributed by atoms with Gasteiger partial charge in [0.25, 0.3) is 5.91 Å². The van der Waals surface area contributed by atoms with Gasteiger partial charge >= 0.3 is 5.97 Å². The number of nitrogens with one attached hydrogen (secondary N) is 1. The molecule has 1 amide bonds. The summed E-state index contributed by atoms with van der Waals surface area (Å²) >= 11 is 0. The first-order chi connectivity index (χ1) is 11.0. The molecule has 23 heavy (non-hydrogen) atoms. The van der Waals surface area contributed by atoms with E-state index in [9.17, 15) is 9.59 Å². The number of benzene rings is 2. The average Bonchev–Trinajstić information content (AvgIpc) is 2.56. The van der Waals surface area contributed by atoms with Crippen molar-refractivity contribution in [2.75, 3.05) is 19.0 Å². The summed E-state index contributed by atoms with van der Waals surface area (Å²) in [7, 11) is 1.57. The van der Waals surface area contributed by atoms with E-state index in [1.807, 2.05) is 19.9 Å². The van der Waals surface area contributed by atoms with Crippen molar-refractivity contribution in [3.8, 4) is 5.75 Å². The molecule has 0 heterocycles. The van der Waals surface area contributed by atoms with Gasteiger partial charge in [-0.3, -0.25) is 4.79 Å². The zero-order chi connectivity index (χ0) is 16.8.